The van der Waals surface area contributed by atoms with Crippen LogP contribution in [-0.4, -0.2) is 35.5 Å². The second kappa shape index (κ2) is 11.2. The molecule has 7 nitrogen and oxygen atoms in total. The van der Waals surface area contributed by atoms with E-state index in [1.54, 1.807) is 55.6 Å². The quantitative estimate of drug-likeness (QED) is 0.489. The van der Waals surface area contributed by atoms with Crippen LogP contribution in [0.3, 0.4) is 0 Å². The molecule has 0 aliphatic heterocycles. The third kappa shape index (κ3) is 8.07. The number of hydrogen-bond donors (Lipinski definition) is 3. The molecule has 0 aliphatic carbocycles. The van der Waals surface area contributed by atoms with Gasteiger partial charge in [0.05, 0.1) is 7.11 Å². The van der Waals surface area contributed by atoms with E-state index >= 15 is 0 Å². The first-order valence-corrected chi connectivity index (χ1v) is 9.92. The number of carbonyl (C=O) groups excluding carboxylic acids is 1. The molecule has 146 valence electrons. The largest absolute Gasteiger partial charge is 0.497 e. The number of nitrogens with one attached hydrogen (secondary N) is 1. The van der Waals surface area contributed by atoms with Crippen molar-refractivity contribution in [2.75, 3.05) is 13.7 Å². The highest BCUT2D eigenvalue weighted by molar-refractivity contribution is 7.73. The van der Waals surface area contributed by atoms with E-state index in [1.165, 1.54) is 6.92 Å². The zero-order valence-electron chi connectivity index (χ0n) is 15.3. The Kier molecular flexibility index (Phi) is 9.26. The molecule has 0 saturated carbocycles. The average molecular weight is 393 g/mol. The van der Waals surface area contributed by atoms with Crippen LogP contribution < -0.4 is 20.7 Å². The van der Waals surface area contributed by atoms with E-state index in [2.05, 4.69) is 5.32 Å². The van der Waals surface area contributed by atoms with E-state index in [-0.39, 0.29) is 12.3 Å². The van der Waals surface area contributed by atoms with E-state index in [1.807, 2.05) is 6.07 Å². The number of rotatable bonds is 7. The van der Waals surface area contributed by atoms with Crippen molar-refractivity contribution in [3.05, 3.63) is 54.6 Å². The van der Waals surface area contributed by atoms with Gasteiger partial charge in [0.1, 0.15) is 5.75 Å². The van der Waals surface area contributed by atoms with Crippen LogP contribution in [0.2, 0.25) is 0 Å². The van der Waals surface area contributed by atoms with Crippen molar-refractivity contribution in [2.24, 2.45) is 0 Å². The molecule has 0 aliphatic rings. The fourth-order valence-corrected chi connectivity index (χ4v) is 3.50. The highest BCUT2D eigenvalue weighted by Gasteiger charge is 2.23. The van der Waals surface area contributed by atoms with Gasteiger partial charge in [-0.15, -0.1) is 0 Å². The molecule has 2 rings (SSSR count). The van der Waals surface area contributed by atoms with Gasteiger partial charge in [-0.1, -0.05) is 18.2 Å². The monoisotopic (exact) mass is 393 g/mol. The second-order valence-electron chi connectivity index (χ2n) is 5.59. The summed E-state index contributed by atoms with van der Waals surface area (Å²) in [5.74, 6) is -0.280. The van der Waals surface area contributed by atoms with Gasteiger partial charge in [0.25, 0.3) is 7.37 Å². The van der Waals surface area contributed by atoms with E-state index < -0.39 is 13.3 Å². The fraction of sp³-hybridized carbons (Fsp3) is 0.263. The standard InChI is InChI=1S/C13H13O3P.C6H11NO3/c1-16-11-7-9-13(10-8-11)17(14,15)12-5-3-2-4-6-12;1-5(8)7-4-2-3-6(9)10/h2-10H,1H3,(H,14,15);2-4H2,1H3,(H,7,8)(H,9,10). The van der Waals surface area contributed by atoms with Gasteiger partial charge in [0.2, 0.25) is 5.91 Å². The molecule has 3 N–H and O–H groups in total. The van der Waals surface area contributed by atoms with Gasteiger partial charge in [0, 0.05) is 30.5 Å². The summed E-state index contributed by atoms with van der Waals surface area (Å²) in [6, 6.07) is 15.2. The van der Waals surface area contributed by atoms with Crippen LogP contribution in [0.25, 0.3) is 0 Å². The summed E-state index contributed by atoms with van der Waals surface area (Å²) in [5, 5.41) is 11.5. The molecule has 2 aromatic rings. The van der Waals surface area contributed by atoms with Gasteiger partial charge in [0.15, 0.2) is 0 Å². The van der Waals surface area contributed by atoms with Gasteiger partial charge < -0.3 is 20.1 Å². The van der Waals surface area contributed by atoms with Crippen molar-refractivity contribution >= 4 is 29.9 Å². The lowest BCUT2D eigenvalue weighted by atomic mass is 10.3. The lowest BCUT2D eigenvalue weighted by Crippen LogP contribution is -2.21. The number of hydrogen-bond acceptors (Lipinski definition) is 4. The van der Waals surface area contributed by atoms with Crippen molar-refractivity contribution in [3.8, 4) is 5.75 Å². The Bertz CT molecular complexity index is 761. The predicted molar refractivity (Wildman–Crippen MR) is 104 cm³/mol. The van der Waals surface area contributed by atoms with Gasteiger partial charge in [-0.2, -0.15) is 0 Å². The Morgan fingerprint density at radius 2 is 1.59 bits per heavy atom. The summed E-state index contributed by atoms with van der Waals surface area (Å²) in [5.41, 5.74) is 0. The molecule has 8 heteroatoms. The van der Waals surface area contributed by atoms with Crippen LogP contribution >= 0.6 is 7.37 Å². The number of carboxylic acid groups (broad SMARTS) is 1. The second-order valence-corrected chi connectivity index (χ2v) is 7.77. The molecule has 0 radical (unpaired) electrons. The Morgan fingerprint density at radius 1 is 1.04 bits per heavy atom. The molecular formula is C19H24NO6P. The van der Waals surface area contributed by atoms with Crippen LogP contribution in [0.4, 0.5) is 0 Å². The molecule has 0 spiro atoms. The zero-order chi connectivity index (χ0) is 20.3. The molecule has 2 aromatic carbocycles. The van der Waals surface area contributed by atoms with E-state index in [4.69, 9.17) is 9.84 Å². The highest BCUT2D eigenvalue weighted by Crippen LogP contribution is 2.38. The van der Waals surface area contributed by atoms with Crippen LogP contribution in [0.5, 0.6) is 5.75 Å². The summed E-state index contributed by atoms with van der Waals surface area (Å²) in [4.78, 5) is 30.3. The van der Waals surface area contributed by atoms with Crippen LogP contribution in [0.15, 0.2) is 54.6 Å². The van der Waals surface area contributed by atoms with Crippen molar-refractivity contribution in [3.63, 3.8) is 0 Å². The number of carboxylic acids is 1. The van der Waals surface area contributed by atoms with E-state index in [0.717, 1.165) is 0 Å². The first kappa shape index (κ1) is 22.4. The minimum atomic E-state index is -3.48. The molecule has 1 atom stereocenters. The maximum Gasteiger partial charge on any atom is 0.303 e. The first-order chi connectivity index (χ1) is 12.8. The predicted octanol–water partition coefficient (Wildman–Crippen LogP) is 1.90. The average Bonchev–Trinajstić information content (AvgIpc) is 2.66. The summed E-state index contributed by atoms with van der Waals surface area (Å²) in [6.07, 6.45) is 0.606. The van der Waals surface area contributed by atoms with Gasteiger partial charge in [-0.25, -0.2) is 0 Å². The summed E-state index contributed by atoms with van der Waals surface area (Å²) in [6.45, 7) is 1.85. The third-order valence-corrected chi connectivity index (χ3v) is 5.47. The molecule has 1 unspecified atom stereocenters. The Labute approximate surface area is 158 Å². The van der Waals surface area contributed by atoms with Crippen LogP contribution in [0, 0.1) is 0 Å². The van der Waals surface area contributed by atoms with Crippen molar-refractivity contribution < 1.29 is 28.9 Å². The SMILES string of the molecule is CC(=O)NCCCC(=O)O.COc1ccc(P(=O)(O)c2ccccc2)cc1. The maximum atomic E-state index is 12.3. The molecule has 0 heterocycles. The van der Waals surface area contributed by atoms with E-state index in [9.17, 15) is 19.0 Å². The van der Waals surface area contributed by atoms with Crippen LogP contribution in [-0.2, 0) is 14.2 Å². The first-order valence-electron chi connectivity index (χ1n) is 8.26. The number of aliphatic carboxylic acids is 1. The highest BCUT2D eigenvalue weighted by atomic mass is 31.2. The molecule has 0 saturated heterocycles. The number of ether oxygens (including phenoxy) is 1. The number of methoxy groups -OCH3 is 1. The van der Waals surface area contributed by atoms with Crippen molar-refractivity contribution in [1.29, 1.82) is 0 Å². The zero-order valence-corrected chi connectivity index (χ0v) is 16.2. The fourth-order valence-electron chi connectivity index (χ4n) is 2.07. The summed E-state index contributed by atoms with van der Waals surface area (Å²) >= 11 is 0. The van der Waals surface area contributed by atoms with Gasteiger partial charge in [-0.3, -0.25) is 14.2 Å². The van der Waals surface area contributed by atoms with Gasteiger partial charge >= 0.3 is 5.97 Å². The van der Waals surface area contributed by atoms with Crippen molar-refractivity contribution in [1.82, 2.24) is 5.32 Å². The third-order valence-electron chi connectivity index (χ3n) is 3.47. The molecule has 0 bridgehead atoms. The van der Waals surface area contributed by atoms with Crippen molar-refractivity contribution in [2.45, 2.75) is 19.8 Å². The lowest BCUT2D eigenvalue weighted by molar-refractivity contribution is -0.137. The number of carbonyl (C=O) groups is 2. The lowest BCUT2D eigenvalue weighted by Gasteiger charge is -2.12. The Morgan fingerprint density at radius 3 is 2.07 bits per heavy atom. The minimum absolute atomic E-state index is 0.111. The van der Waals surface area contributed by atoms with Crippen LogP contribution in [0.1, 0.15) is 19.8 Å². The smallest absolute Gasteiger partial charge is 0.303 e. The maximum absolute atomic E-state index is 12.3. The molecule has 0 fully saturated rings. The molecule has 27 heavy (non-hydrogen) atoms. The Balaban J connectivity index is 0.000000314. The molecular weight excluding hydrogens is 369 g/mol. The normalized spacial score (nSPS) is 12.1. The summed E-state index contributed by atoms with van der Waals surface area (Å²) < 4.78 is 17.3. The molecule has 0 aromatic heterocycles. The Hall–Kier alpha value is -2.63. The van der Waals surface area contributed by atoms with Gasteiger partial charge in [-0.05, 0) is 42.8 Å². The summed E-state index contributed by atoms with van der Waals surface area (Å²) in [7, 11) is -1.92. The minimum Gasteiger partial charge on any atom is -0.497 e. The number of benzene rings is 2. The number of amides is 1. The molecule has 1 amide bonds. The topological polar surface area (TPSA) is 113 Å². The van der Waals surface area contributed by atoms with E-state index in [0.29, 0.717) is 29.3 Å².